The molecule has 1 unspecified atom stereocenters. The number of carboxylic acid groups (broad SMARTS) is 1. The normalized spacial score (nSPS) is 16.5. The van der Waals surface area contributed by atoms with E-state index in [0.717, 1.165) is 24.0 Å². The summed E-state index contributed by atoms with van der Waals surface area (Å²) in [4.78, 5) is 24.4. The molecule has 0 saturated heterocycles. The Kier molecular flexibility index (Phi) is 7.52. The summed E-state index contributed by atoms with van der Waals surface area (Å²) in [7, 11) is 0. The van der Waals surface area contributed by atoms with Crippen molar-refractivity contribution in [1.82, 2.24) is 5.32 Å². The second kappa shape index (κ2) is 10.8. The van der Waals surface area contributed by atoms with Crippen LogP contribution < -0.4 is 14.8 Å². The molecule has 37 heavy (non-hydrogen) atoms. The Morgan fingerprint density at radius 2 is 1.76 bits per heavy atom. The molecule has 2 N–H and O–H groups in total. The van der Waals surface area contributed by atoms with Gasteiger partial charge in [0.25, 0.3) is 5.91 Å². The van der Waals surface area contributed by atoms with Crippen molar-refractivity contribution in [2.45, 2.75) is 37.5 Å². The zero-order valence-electron chi connectivity index (χ0n) is 19.7. The molecule has 0 radical (unpaired) electrons. The molecule has 1 atom stereocenters. The van der Waals surface area contributed by atoms with Crippen LogP contribution in [0.1, 0.15) is 58.1 Å². The Hall–Kier alpha value is -2.93. The second-order valence-electron chi connectivity index (χ2n) is 9.19. The summed E-state index contributed by atoms with van der Waals surface area (Å²) in [5, 5.41) is 14.0. The number of amides is 1. The fraction of sp³-hybridized carbons (Fsp3) is 0.286. The zero-order chi connectivity index (χ0) is 26.1. The highest BCUT2D eigenvalue weighted by Crippen LogP contribution is 2.55. The summed E-state index contributed by atoms with van der Waals surface area (Å²) in [5.41, 5.74) is 2.82. The van der Waals surface area contributed by atoms with E-state index in [4.69, 9.17) is 44.3 Å². The van der Waals surface area contributed by atoms with Gasteiger partial charge in [-0.2, -0.15) is 0 Å². The number of aliphatic carboxylic acids is 1. The minimum absolute atomic E-state index is 0.213. The fourth-order valence-electron chi connectivity index (χ4n) is 4.54. The van der Waals surface area contributed by atoms with Crippen LogP contribution in [-0.4, -0.2) is 30.1 Å². The van der Waals surface area contributed by atoms with E-state index >= 15 is 0 Å². The number of halogens is 3. The van der Waals surface area contributed by atoms with Crippen molar-refractivity contribution in [3.8, 4) is 17.2 Å². The number of hydrogen-bond acceptors (Lipinski definition) is 4. The Morgan fingerprint density at radius 1 is 1.00 bits per heavy atom. The van der Waals surface area contributed by atoms with Crippen molar-refractivity contribution < 1.29 is 24.2 Å². The van der Waals surface area contributed by atoms with Crippen molar-refractivity contribution in [2.75, 3.05) is 13.2 Å². The highest BCUT2D eigenvalue weighted by molar-refractivity contribution is 6.35. The van der Waals surface area contributed by atoms with Gasteiger partial charge in [-0.1, -0.05) is 40.9 Å². The van der Waals surface area contributed by atoms with Gasteiger partial charge < -0.3 is 19.9 Å². The fourth-order valence-corrected chi connectivity index (χ4v) is 5.30. The van der Waals surface area contributed by atoms with Gasteiger partial charge in [0.2, 0.25) is 0 Å². The van der Waals surface area contributed by atoms with Crippen molar-refractivity contribution in [3.05, 3.63) is 85.9 Å². The lowest BCUT2D eigenvalue weighted by atomic mass is 9.90. The molecule has 3 aromatic carbocycles. The van der Waals surface area contributed by atoms with E-state index < -0.39 is 11.9 Å². The third-order valence-electron chi connectivity index (χ3n) is 6.59. The van der Waals surface area contributed by atoms with Crippen LogP contribution >= 0.6 is 34.8 Å². The molecule has 0 bridgehead atoms. The van der Waals surface area contributed by atoms with Crippen LogP contribution in [0.2, 0.25) is 15.1 Å². The quantitative estimate of drug-likeness (QED) is 0.303. The largest absolute Gasteiger partial charge is 0.493 e. The first-order chi connectivity index (χ1) is 17.8. The second-order valence-corrected chi connectivity index (χ2v) is 10.4. The van der Waals surface area contributed by atoms with Crippen LogP contribution in [0, 0.1) is 0 Å². The van der Waals surface area contributed by atoms with Gasteiger partial charge in [-0.25, -0.2) is 0 Å². The molecule has 5 rings (SSSR count). The Bertz CT molecular complexity index is 1350. The molecule has 1 heterocycles. The molecule has 1 aliphatic carbocycles. The SMILES string of the molecule is O=C(NCCc1ccc(Cl)cc1Cl)c1ccc(Oc2c(Cl)cc3c(c2C2CC2)OCCC3C(=O)O)cc1. The predicted molar refractivity (Wildman–Crippen MR) is 143 cm³/mol. The van der Waals surface area contributed by atoms with Gasteiger partial charge in [-0.15, -0.1) is 0 Å². The molecule has 0 aromatic heterocycles. The molecular weight excluding hydrogens is 537 g/mol. The van der Waals surface area contributed by atoms with E-state index in [1.165, 1.54) is 0 Å². The van der Waals surface area contributed by atoms with Crippen molar-refractivity contribution in [2.24, 2.45) is 0 Å². The molecule has 192 valence electrons. The number of fused-ring (bicyclic) bond motifs is 1. The monoisotopic (exact) mass is 559 g/mol. The number of hydrogen-bond donors (Lipinski definition) is 2. The van der Waals surface area contributed by atoms with Crippen LogP contribution in [0.25, 0.3) is 0 Å². The van der Waals surface area contributed by atoms with Crippen molar-refractivity contribution in [3.63, 3.8) is 0 Å². The number of benzene rings is 3. The molecule has 3 aromatic rings. The third kappa shape index (κ3) is 5.66. The minimum atomic E-state index is -0.888. The number of carbonyl (C=O) groups excluding carboxylic acids is 1. The summed E-state index contributed by atoms with van der Waals surface area (Å²) in [6.07, 6.45) is 2.91. The molecule has 2 aliphatic rings. The molecule has 6 nitrogen and oxygen atoms in total. The van der Waals surface area contributed by atoms with Crippen LogP contribution in [-0.2, 0) is 11.2 Å². The third-order valence-corrected chi connectivity index (χ3v) is 7.46. The van der Waals surface area contributed by atoms with Crippen LogP contribution in [0.15, 0.2) is 48.5 Å². The Morgan fingerprint density at radius 3 is 2.43 bits per heavy atom. The smallest absolute Gasteiger partial charge is 0.311 e. The van der Waals surface area contributed by atoms with Crippen LogP contribution in [0.3, 0.4) is 0 Å². The Labute approximate surface area is 229 Å². The molecule has 1 amide bonds. The number of rotatable bonds is 8. The lowest BCUT2D eigenvalue weighted by Crippen LogP contribution is -2.25. The lowest BCUT2D eigenvalue weighted by Gasteiger charge is -2.27. The molecular formula is C28H24Cl3NO5. The highest BCUT2D eigenvalue weighted by Gasteiger charge is 2.38. The van der Waals surface area contributed by atoms with Crippen LogP contribution in [0.4, 0.5) is 0 Å². The predicted octanol–water partition coefficient (Wildman–Crippen LogP) is 7.24. The molecule has 1 saturated carbocycles. The van der Waals surface area contributed by atoms with E-state index in [9.17, 15) is 14.7 Å². The van der Waals surface area contributed by atoms with Gasteiger partial charge in [0, 0.05) is 33.3 Å². The topological polar surface area (TPSA) is 84.9 Å². The maximum absolute atomic E-state index is 12.6. The standard InChI is InChI=1S/C28H24Cl3NO5/c29-18-6-3-15(22(30)13-18)9-11-32-27(33)17-4-7-19(8-5-17)37-26-23(31)14-21-20(28(34)35)10-12-36-25(21)24(26)16-1-2-16/h3-8,13-14,16,20H,1-2,9-12H2,(H,32,33)(H,34,35). The van der Waals surface area contributed by atoms with Gasteiger partial charge in [-0.3, -0.25) is 9.59 Å². The minimum Gasteiger partial charge on any atom is -0.493 e. The van der Waals surface area contributed by atoms with Crippen LogP contribution in [0.5, 0.6) is 17.2 Å². The van der Waals surface area contributed by atoms with E-state index in [2.05, 4.69) is 5.32 Å². The maximum atomic E-state index is 12.6. The van der Waals surface area contributed by atoms with Gasteiger partial charge in [0.1, 0.15) is 11.5 Å². The van der Waals surface area contributed by atoms with E-state index in [-0.39, 0.29) is 11.8 Å². The number of nitrogens with one attached hydrogen (secondary N) is 1. The van der Waals surface area contributed by atoms with E-state index in [1.807, 2.05) is 6.07 Å². The number of carboxylic acids is 1. The highest BCUT2D eigenvalue weighted by atomic mass is 35.5. The first-order valence-corrected chi connectivity index (χ1v) is 13.2. The average molecular weight is 561 g/mol. The zero-order valence-corrected chi connectivity index (χ0v) is 22.0. The van der Waals surface area contributed by atoms with Gasteiger partial charge in [0.15, 0.2) is 5.75 Å². The van der Waals surface area contributed by atoms with Gasteiger partial charge in [0.05, 0.1) is 17.5 Å². The summed E-state index contributed by atoms with van der Waals surface area (Å²) in [6, 6.07) is 13.7. The lowest BCUT2D eigenvalue weighted by molar-refractivity contribution is -0.139. The van der Waals surface area contributed by atoms with Gasteiger partial charge in [-0.05, 0) is 79.6 Å². The molecule has 0 spiro atoms. The first kappa shape index (κ1) is 25.7. The molecule has 1 aliphatic heterocycles. The van der Waals surface area contributed by atoms with Crippen molar-refractivity contribution >= 4 is 46.7 Å². The molecule has 1 fully saturated rings. The average Bonchev–Trinajstić information content (AvgIpc) is 3.71. The Balaban J connectivity index is 1.29. The number of ether oxygens (including phenoxy) is 2. The summed E-state index contributed by atoms with van der Waals surface area (Å²) in [5.74, 6) is 0.0362. The van der Waals surface area contributed by atoms with E-state index in [1.54, 1.807) is 42.5 Å². The molecule has 9 heteroatoms. The maximum Gasteiger partial charge on any atom is 0.311 e. The summed E-state index contributed by atoms with van der Waals surface area (Å²) < 4.78 is 12.1. The first-order valence-electron chi connectivity index (χ1n) is 12.0. The summed E-state index contributed by atoms with van der Waals surface area (Å²) >= 11 is 18.7. The van der Waals surface area contributed by atoms with E-state index in [0.29, 0.717) is 69.4 Å². The van der Waals surface area contributed by atoms with Gasteiger partial charge >= 0.3 is 5.97 Å². The van der Waals surface area contributed by atoms with Crippen molar-refractivity contribution in [1.29, 1.82) is 0 Å². The summed E-state index contributed by atoms with van der Waals surface area (Å²) in [6.45, 7) is 0.754. The number of carbonyl (C=O) groups is 2.